The first-order chi connectivity index (χ1) is 17.7. The van der Waals surface area contributed by atoms with Crippen molar-refractivity contribution < 1.29 is 23.6 Å². The van der Waals surface area contributed by atoms with Gasteiger partial charge in [0.15, 0.2) is 5.78 Å². The molecule has 0 saturated heterocycles. The monoisotopic (exact) mass is 546 g/mol. The fourth-order valence-corrected chi connectivity index (χ4v) is 5.55. The van der Waals surface area contributed by atoms with Crippen molar-refractivity contribution in [1.29, 1.82) is 0 Å². The van der Waals surface area contributed by atoms with E-state index in [2.05, 4.69) is 18.6 Å². The Labute approximate surface area is 228 Å². The fraction of sp³-hybridized carbons (Fsp3) is 0.467. The number of Topliss-reactive ketones (excluding diaryl/α,β-unsaturated/α-hetero) is 1. The number of aliphatic hydroxyl groups excluding tert-OH is 1. The molecule has 1 aromatic rings. The van der Waals surface area contributed by atoms with E-state index in [4.69, 9.17) is 11.6 Å². The number of halogens is 1. The van der Waals surface area contributed by atoms with Gasteiger partial charge >= 0.3 is 5.97 Å². The van der Waals surface area contributed by atoms with E-state index >= 15 is 0 Å². The number of allylic oxidation sites excluding steroid dienone is 6. The standard InChI is InChI=1S/C30H39ClO5S/c1-4-5-10-22(2)19-26(32)18-15-24-20-28(37(35)21-23-13-16-25(31)17-14-23)30(34)27(24)11-8-6-7-9-12-29(33)36-3/h9,11-18,20,22,24,26,32H,4-8,10,19,21H2,1-3H3/b12-9+,18-15+,27-11-. The van der Waals surface area contributed by atoms with Gasteiger partial charge in [-0.25, -0.2) is 4.79 Å². The van der Waals surface area contributed by atoms with Gasteiger partial charge in [-0.05, 0) is 49.3 Å². The molecule has 202 valence electrons. The quantitative estimate of drug-likeness (QED) is 0.115. The van der Waals surface area contributed by atoms with E-state index in [1.165, 1.54) is 13.2 Å². The fourth-order valence-electron chi connectivity index (χ4n) is 4.15. The number of carbonyl (C=O) groups excluding carboxylic acids is 2. The third-order valence-corrected chi connectivity index (χ3v) is 7.92. The second-order valence-electron chi connectivity index (χ2n) is 9.45. The maximum atomic E-state index is 13.3. The summed E-state index contributed by atoms with van der Waals surface area (Å²) in [7, 11) is -0.166. The second kappa shape index (κ2) is 16.5. The molecular weight excluding hydrogens is 508 g/mol. The van der Waals surface area contributed by atoms with Gasteiger partial charge in [-0.15, -0.1) is 0 Å². The van der Waals surface area contributed by atoms with Crippen molar-refractivity contribution in [3.63, 3.8) is 0 Å². The number of ether oxygens (including phenoxy) is 1. The van der Waals surface area contributed by atoms with Crippen LogP contribution in [0.2, 0.25) is 5.02 Å². The van der Waals surface area contributed by atoms with Crippen LogP contribution in [0.3, 0.4) is 0 Å². The topological polar surface area (TPSA) is 80.7 Å². The van der Waals surface area contributed by atoms with Crippen molar-refractivity contribution in [3.8, 4) is 0 Å². The lowest BCUT2D eigenvalue weighted by atomic mass is 9.95. The van der Waals surface area contributed by atoms with Gasteiger partial charge in [0.25, 0.3) is 0 Å². The van der Waals surface area contributed by atoms with Crippen LogP contribution in [0.4, 0.5) is 0 Å². The Kier molecular flexibility index (Phi) is 13.8. The molecule has 0 bridgehead atoms. The van der Waals surface area contributed by atoms with Crippen LogP contribution in [0.5, 0.6) is 0 Å². The average molecular weight is 547 g/mol. The number of unbranched alkanes of at least 4 members (excludes halogenated alkanes) is 3. The molecule has 7 heteroatoms. The van der Waals surface area contributed by atoms with E-state index in [0.717, 1.165) is 31.2 Å². The number of benzene rings is 1. The van der Waals surface area contributed by atoms with Crippen LogP contribution in [0.1, 0.15) is 64.4 Å². The van der Waals surface area contributed by atoms with Crippen molar-refractivity contribution in [2.24, 2.45) is 11.8 Å². The molecule has 4 unspecified atom stereocenters. The zero-order valence-corrected chi connectivity index (χ0v) is 23.6. The predicted octanol–water partition coefficient (Wildman–Crippen LogP) is 6.63. The minimum atomic E-state index is -1.50. The first-order valence-corrected chi connectivity index (χ1v) is 14.6. The van der Waals surface area contributed by atoms with Crippen LogP contribution in [0.15, 0.2) is 71.2 Å². The average Bonchev–Trinajstić information content (AvgIpc) is 3.19. The van der Waals surface area contributed by atoms with Crippen molar-refractivity contribution >= 4 is 34.2 Å². The molecule has 1 aliphatic rings. The number of methoxy groups -OCH3 is 1. The number of ketones is 1. The van der Waals surface area contributed by atoms with Crippen LogP contribution in [-0.2, 0) is 30.9 Å². The van der Waals surface area contributed by atoms with Crippen LogP contribution in [-0.4, -0.2) is 34.3 Å². The van der Waals surface area contributed by atoms with Crippen molar-refractivity contribution in [2.75, 3.05) is 7.11 Å². The largest absolute Gasteiger partial charge is 0.466 e. The number of hydrogen-bond donors (Lipinski definition) is 1. The van der Waals surface area contributed by atoms with E-state index in [1.54, 1.807) is 30.4 Å². The maximum Gasteiger partial charge on any atom is 0.330 e. The Morgan fingerprint density at radius 2 is 1.95 bits per heavy atom. The summed E-state index contributed by atoms with van der Waals surface area (Å²) in [5.41, 5.74) is 1.42. The Morgan fingerprint density at radius 1 is 1.22 bits per heavy atom. The van der Waals surface area contributed by atoms with Crippen LogP contribution < -0.4 is 0 Å². The number of esters is 1. The third kappa shape index (κ3) is 10.9. The molecule has 1 N–H and O–H groups in total. The molecule has 0 aromatic heterocycles. The van der Waals surface area contributed by atoms with Gasteiger partial charge < -0.3 is 9.84 Å². The lowest BCUT2D eigenvalue weighted by Crippen LogP contribution is -2.10. The molecule has 0 radical (unpaired) electrons. The molecule has 0 heterocycles. The zero-order valence-electron chi connectivity index (χ0n) is 22.0. The van der Waals surface area contributed by atoms with Gasteiger partial charge in [-0.2, -0.15) is 0 Å². The molecule has 0 saturated carbocycles. The molecule has 0 fully saturated rings. The Bertz CT molecular complexity index is 1040. The summed E-state index contributed by atoms with van der Waals surface area (Å²) in [6.45, 7) is 4.30. The van der Waals surface area contributed by atoms with E-state index in [-0.39, 0.29) is 17.5 Å². The molecule has 2 rings (SSSR count). The molecule has 5 nitrogen and oxygen atoms in total. The molecule has 1 aliphatic carbocycles. The summed E-state index contributed by atoms with van der Waals surface area (Å²) >= 11 is 5.95. The summed E-state index contributed by atoms with van der Waals surface area (Å²) in [6.07, 6.45) is 15.9. The Hall–Kier alpha value is -2.28. The number of aliphatic hydroxyl groups is 1. The minimum Gasteiger partial charge on any atom is -0.466 e. The van der Waals surface area contributed by atoms with E-state index in [1.807, 2.05) is 24.3 Å². The summed E-state index contributed by atoms with van der Waals surface area (Å²) in [5, 5.41) is 11.1. The molecule has 4 atom stereocenters. The predicted molar refractivity (Wildman–Crippen MR) is 151 cm³/mol. The summed E-state index contributed by atoms with van der Waals surface area (Å²) in [5.74, 6) is -0.292. The molecule has 1 aromatic carbocycles. The Morgan fingerprint density at radius 3 is 2.62 bits per heavy atom. The molecule has 0 spiro atoms. The lowest BCUT2D eigenvalue weighted by Gasteiger charge is -2.14. The summed E-state index contributed by atoms with van der Waals surface area (Å²) < 4.78 is 17.7. The van der Waals surface area contributed by atoms with Crippen molar-refractivity contribution in [3.05, 3.63) is 81.8 Å². The van der Waals surface area contributed by atoms with Crippen molar-refractivity contribution in [2.45, 2.75) is 70.7 Å². The third-order valence-electron chi connectivity index (χ3n) is 6.26. The van der Waals surface area contributed by atoms with Gasteiger partial charge in [0, 0.05) is 22.6 Å². The molecule has 0 amide bonds. The number of carbonyl (C=O) groups is 2. The molecular formula is C30H39ClO5S. The normalized spacial score (nSPS) is 19.5. The highest BCUT2D eigenvalue weighted by atomic mass is 35.5. The van der Waals surface area contributed by atoms with Crippen molar-refractivity contribution in [1.82, 2.24) is 0 Å². The second-order valence-corrected chi connectivity index (χ2v) is 11.3. The van der Waals surface area contributed by atoms with E-state index in [9.17, 15) is 18.9 Å². The highest BCUT2D eigenvalue weighted by Crippen LogP contribution is 2.32. The van der Waals surface area contributed by atoms with Crippen LogP contribution >= 0.6 is 11.6 Å². The van der Waals surface area contributed by atoms with Gasteiger partial charge in [0.05, 0.1) is 34.7 Å². The van der Waals surface area contributed by atoms with Gasteiger partial charge in [0.1, 0.15) is 0 Å². The SMILES string of the molecule is CCCCC(C)CC(O)/C=C/C1C=C(S(=O)Cc2ccc(Cl)cc2)C(=O)/C1=C\CCC/C=C/C(=O)OC. The summed E-state index contributed by atoms with van der Waals surface area (Å²) in [6, 6.07) is 7.11. The van der Waals surface area contributed by atoms with Gasteiger partial charge in [0.2, 0.25) is 0 Å². The van der Waals surface area contributed by atoms with Gasteiger partial charge in [-0.3, -0.25) is 9.00 Å². The molecule has 0 aliphatic heterocycles. The smallest absolute Gasteiger partial charge is 0.330 e. The van der Waals surface area contributed by atoms with Crippen LogP contribution in [0.25, 0.3) is 0 Å². The lowest BCUT2D eigenvalue weighted by molar-refractivity contribution is -0.134. The highest BCUT2D eigenvalue weighted by Gasteiger charge is 2.31. The van der Waals surface area contributed by atoms with Gasteiger partial charge in [-0.1, -0.05) is 87.2 Å². The Balaban J connectivity index is 2.13. The maximum absolute atomic E-state index is 13.3. The molecule has 37 heavy (non-hydrogen) atoms. The van der Waals surface area contributed by atoms with E-state index < -0.39 is 22.9 Å². The highest BCUT2D eigenvalue weighted by molar-refractivity contribution is 7.89. The first kappa shape index (κ1) is 30.9. The number of rotatable bonds is 15. The first-order valence-electron chi connectivity index (χ1n) is 12.9. The summed E-state index contributed by atoms with van der Waals surface area (Å²) in [4.78, 5) is 24.8. The zero-order chi connectivity index (χ0) is 27.2. The van der Waals surface area contributed by atoms with E-state index in [0.29, 0.717) is 40.7 Å². The van der Waals surface area contributed by atoms with Crippen LogP contribution in [0, 0.1) is 11.8 Å². The minimum absolute atomic E-state index is 0.210. The number of hydrogen-bond acceptors (Lipinski definition) is 5.